The first-order chi connectivity index (χ1) is 7.32. The van der Waals surface area contributed by atoms with Crippen molar-refractivity contribution in [1.29, 1.82) is 0 Å². The van der Waals surface area contributed by atoms with Gasteiger partial charge in [0.2, 0.25) is 0 Å². The van der Waals surface area contributed by atoms with Gasteiger partial charge in [0.05, 0.1) is 8.07 Å². The van der Waals surface area contributed by atoms with E-state index in [1.165, 1.54) is 17.5 Å². The third kappa shape index (κ3) is 1.78. The number of fused-ring (bicyclic) bond motifs is 1. The molecule has 1 aliphatic rings. The van der Waals surface area contributed by atoms with Crippen LogP contribution in [-0.2, 0) is 6.42 Å². The minimum absolute atomic E-state index is 0.445. The second-order valence-corrected chi connectivity index (χ2v) is 11.8. The standard InChI is InChI=1S/C15H22Si/c1-15(2,3)16(4,5)14-10-12-8-6-7-9-13(12)11-14/h6-10H,11H2,1-5H3. The fraction of sp³-hybridized carbons (Fsp3) is 0.467. The molecule has 0 radical (unpaired) electrons. The molecule has 86 valence electrons. The van der Waals surface area contributed by atoms with Gasteiger partial charge in [-0.05, 0) is 22.6 Å². The van der Waals surface area contributed by atoms with Crippen molar-refractivity contribution < 1.29 is 0 Å². The highest BCUT2D eigenvalue weighted by Gasteiger charge is 2.39. The van der Waals surface area contributed by atoms with Gasteiger partial charge in [0.25, 0.3) is 0 Å². The maximum absolute atomic E-state index is 2.50. The van der Waals surface area contributed by atoms with E-state index >= 15 is 0 Å². The SMILES string of the molecule is CC(C)(C)[Si](C)(C)C1=Cc2ccccc2C1. The summed E-state index contributed by atoms with van der Waals surface area (Å²) in [5.41, 5.74) is 2.96. The zero-order valence-corrected chi connectivity index (χ0v) is 12.1. The average molecular weight is 230 g/mol. The first-order valence-corrected chi connectivity index (χ1v) is 9.11. The number of hydrogen-bond acceptors (Lipinski definition) is 0. The molecule has 1 aromatic carbocycles. The molecule has 1 heteroatoms. The highest BCUT2D eigenvalue weighted by atomic mass is 28.3. The van der Waals surface area contributed by atoms with Crippen LogP contribution in [0.15, 0.2) is 29.5 Å². The first kappa shape index (κ1) is 11.7. The van der Waals surface area contributed by atoms with Gasteiger partial charge < -0.3 is 0 Å². The Bertz CT molecular complexity index is 433. The second kappa shape index (κ2) is 3.59. The Balaban J connectivity index is 2.36. The van der Waals surface area contributed by atoms with Gasteiger partial charge in [0.1, 0.15) is 0 Å². The van der Waals surface area contributed by atoms with E-state index < -0.39 is 8.07 Å². The molecule has 0 saturated heterocycles. The van der Waals surface area contributed by atoms with E-state index in [9.17, 15) is 0 Å². The fourth-order valence-electron chi connectivity index (χ4n) is 2.16. The summed E-state index contributed by atoms with van der Waals surface area (Å²) in [6.07, 6.45) is 3.64. The molecular weight excluding hydrogens is 208 g/mol. The van der Waals surface area contributed by atoms with Crippen LogP contribution in [0, 0.1) is 0 Å². The summed E-state index contributed by atoms with van der Waals surface area (Å²) in [5, 5.41) is 2.15. The quantitative estimate of drug-likeness (QED) is 0.615. The van der Waals surface area contributed by atoms with Gasteiger partial charge >= 0.3 is 0 Å². The van der Waals surface area contributed by atoms with Crippen LogP contribution in [0.4, 0.5) is 0 Å². The zero-order chi connectivity index (χ0) is 12.0. The van der Waals surface area contributed by atoms with Gasteiger partial charge in [-0.2, -0.15) is 0 Å². The van der Waals surface area contributed by atoms with Gasteiger partial charge in [0.15, 0.2) is 0 Å². The van der Waals surface area contributed by atoms with Crippen LogP contribution in [0.3, 0.4) is 0 Å². The predicted molar refractivity (Wildman–Crippen MR) is 75.3 cm³/mol. The summed E-state index contributed by atoms with van der Waals surface area (Å²) in [5.74, 6) is 0. The van der Waals surface area contributed by atoms with Gasteiger partial charge in [-0.1, -0.05) is 69.4 Å². The number of benzene rings is 1. The van der Waals surface area contributed by atoms with Crippen LogP contribution in [0.25, 0.3) is 6.08 Å². The molecule has 2 rings (SSSR count). The van der Waals surface area contributed by atoms with E-state index in [0.717, 1.165) is 0 Å². The maximum atomic E-state index is 2.50. The van der Waals surface area contributed by atoms with Crippen LogP contribution in [0.1, 0.15) is 31.9 Å². The summed E-state index contributed by atoms with van der Waals surface area (Å²) in [7, 11) is -1.31. The lowest BCUT2D eigenvalue weighted by Gasteiger charge is -2.38. The number of hydrogen-bond donors (Lipinski definition) is 0. The molecule has 0 unspecified atom stereocenters. The molecule has 0 fully saturated rings. The van der Waals surface area contributed by atoms with Crippen molar-refractivity contribution in [1.82, 2.24) is 0 Å². The summed E-state index contributed by atoms with van der Waals surface area (Å²) in [6, 6.07) is 8.81. The summed E-state index contributed by atoms with van der Waals surface area (Å²) in [6.45, 7) is 12.2. The predicted octanol–water partition coefficient (Wildman–Crippen LogP) is 4.67. The lowest BCUT2D eigenvalue weighted by Crippen LogP contribution is -2.39. The molecule has 0 N–H and O–H groups in total. The van der Waals surface area contributed by atoms with Crippen LogP contribution in [0.5, 0.6) is 0 Å². The maximum Gasteiger partial charge on any atom is 0.0812 e. The first-order valence-electron chi connectivity index (χ1n) is 6.11. The van der Waals surface area contributed by atoms with Crippen LogP contribution in [-0.4, -0.2) is 8.07 Å². The Morgan fingerprint density at radius 2 is 1.69 bits per heavy atom. The van der Waals surface area contributed by atoms with Crippen molar-refractivity contribution in [2.45, 2.75) is 45.3 Å². The largest absolute Gasteiger partial charge is 0.0812 e. The number of rotatable bonds is 1. The molecular formula is C15H22Si. The normalized spacial score (nSPS) is 15.9. The Labute approximate surface area is 100 Å². The minimum Gasteiger partial charge on any atom is -0.0754 e. The molecule has 0 amide bonds. The average Bonchev–Trinajstić information content (AvgIpc) is 2.59. The highest BCUT2D eigenvalue weighted by molar-refractivity contribution is 6.87. The van der Waals surface area contributed by atoms with Crippen molar-refractivity contribution in [3.05, 3.63) is 40.6 Å². The van der Waals surface area contributed by atoms with Gasteiger partial charge in [-0.15, -0.1) is 0 Å². The molecule has 0 atom stereocenters. The molecule has 0 aromatic heterocycles. The van der Waals surface area contributed by atoms with E-state index in [2.05, 4.69) is 64.2 Å². The molecule has 1 aromatic rings. The summed E-state index contributed by atoms with van der Waals surface area (Å²) >= 11 is 0. The van der Waals surface area contributed by atoms with Crippen molar-refractivity contribution in [3.63, 3.8) is 0 Å². The molecule has 0 heterocycles. The van der Waals surface area contributed by atoms with Crippen molar-refractivity contribution in [2.75, 3.05) is 0 Å². The third-order valence-corrected chi connectivity index (χ3v) is 10.1. The van der Waals surface area contributed by atoms with Crippen LogP contribution in [0.2, 0.25) is 18.1 Å². The van der Waals surface area contributed by atoms with Crippen LogP contribution >= 0.6 is 0 Å². The highest BCUT2D eigenvalue weighted by Crippen LogP contribution is 2.44. The van der Waals surface area contributed by atoms with Gasteiger partial charge in [-0.3, -0.25) is 0 Å². The Kier molecular flexibility index (Phi) is 2.62. The van der Waals surface area contributed by atoms with Gasteiger partial charge in [-0.25, -0.2) is 0 Å². The molecule has 1 aliphatic carbocycles. The van der Waals surface area contributed by atoms with Crippen molar-refractivity contribution in [2.24, 2.45) is 0 Å². The molecule has 16 heavy (non-hydrogen) atoms. The lowest BCUT2D eigenvalue weighted by atomic mass is 10.1. The van der Waals surface area contributed by atoms with Crippen molar-refractivity contribution >= 4 is 14.1 Å². The molecule has 0 bridgehead atoms. The smallest absolute Gasteiger partial charge is 0.0754 e. The third-order valence-electron chi connectivity index (χ3n) is 4.44. The van der Waals surface area contributed by atoms with E-state index in [4.69, 9.17) is 0 Å². The van der Waals surface area contributed by atoms with E-state index in [1.807, 2.05) is 0 Å². The monoisotopic (exact) mass is 230 g/mol. The van der Waals surface area contributed by atoms with E-state index in [1.54, 1.807) is 5.20 Å². The Morgan fingerprint density at radius 1 is 1.06 bits per heavy atom. The molecule has 0 saturated carbocycles. The van der Waals surface area contributed by atoms with Crippen molar-refractivity contribution in [3.8, 4) is 0 Å². The Morgan fingerprint density at radius 3 is 2.25 bits per heavy atom. The molecule has 0 spiro atoms. The molecule has 0 aliphatic heterocycles. The van der Waals surface area contributed by atoms with E-state index in [0.29, 0.717) is 5.04 Å². The second-order valence-electron chi connectivity index (χ2n) is 6.42. The lowest BCUT2D eigenvalue weighted by molar-refractivity contribution is 0.723. The molecule has 0 nitrogen and oxygen atoms in total. The number of allylic oxidation sites excluding steroid dienone is 1. The Hall–Kier alpha value is -0.823. The fourth-order valence-corrected chi connectivity index (χ4v) is 4.28. The zero-order valence-electron chi connectivity index (χ0n) is 11.1. The van der Waals surface area contributed by atoms with Crippen LogP contribution < -0.4 is 0 Å². The topological polar surface area (TPSA) is 0 Å². The summed E-state index contributed by atoms with van der Waals surface area (Å²) < 4.78 is 0. The van der Waals surface area contributed by atoms with E-state index in [-0.39, 0.29) is 0 Å². The summed E-state index contributed by atoms with van der Waals surface area (Å²) in [4.78, 5) is 0. The van der Waals surface area contributed by atoms with Gasteiger partial charge in [0, 0.05) is 0 Å². The minimum atomic E-state index is -1.31.